The van der Waals surface area contributed by atoms with Crippen molar-refractivity contribution in [3.8, 4) is 0 Å². The molecule has 0 aromatic rings. The molecule has 0 saturated carbocycles. The average molecular weight is 142 g/mol. The highest BCUT2D eigenvalue weighted by molar-refractivity contribution is 4.54. The lowest BCUT2D eigenvalue weighted by molar-refractivity contribution is -0.885. The van der Waals surface area contributed by atoms with Crippen LogP contribution in [0.4, 0.5) is 0 Å². The zero-order valence-electron chi connectivity index (χ0n) is 6.51. The number of nitrogens with zero attached hydrogens (tertiary/aromatic N) is 1. The van der Waals surface area contributed by atoms with Crippen molar-refractivity contribution in [2.75, 3.05) is 19.6 Å². The van der Waals surface area contributed by atoms with Crippen molar-refractivity contribution in [2.45, 2.75) is 25.7 Å². The predicted molar refractivity (Wildman–Crippen MR) is 42.1 cm³/mol. The highest BCUT2D eigenvalue weighted by Gasteiger charge is 2.18. The Bertz CT molecular complexity index is 91.9. The van der Waals surface area contributed by atoms with Crippen molar-refractivity contribution in [1.82, 2.24) is 0 Å². The van der Waals surface area contributed by atoms with Crippen molar-refractivity contribution < 1.29 is 4.65 Å². The van der Waals surface area contributed by atoms with Crippen LogP contribution in [0, 0.1) is 12.1 Å². The van der Waals surface area contributed by atoms with Gasteiger partial charge in [0.1, 0.15) is 0 Å². The molecule has 0 aliphatic carbocycles. The number of hydrogen-bond donors (Lipinski definition) is 0. The maximum atomic E-state index is 11.6. The summed E-state index contributed by atoms with van der Waals surface area (Å²) in [7, 11) is 0. The summed E-state index contributed by atoms with van der Waals surface area (Å²) in [5.74, 6) is 0. The SMILES string of the molecule is [CH2]CC[N+]1([O-])CCCCC1. The van der Waals surface area contributed by atoms with E-state index in [-0.39, 0.29) is 4.65 Å². The Hall–Kier alpha value is -0.0800. The smallest absolute Gasteiger partial charge is 0.0783 e. The first-order valence-electron chi connectivity index (χ1n) is 4.13. The van der Waals surface area contributed by atoms with Gasteiger partial charge >= 0.3 is 0 Å². The number of hydrogen-bond acceptors (Lipinski definition) is 1. The summed E-state index contributed by atoms with van der Waals surface area (Å²) in [5.41, 5.74) is 0. The van der Waals surface area contributed by atoms with E-state index >= 15 is 0 Å². The van der Waals surface area contributed by atoms with E-state index in [0.29, 0.717) is 0 Å². The fourth-order valence-electron chi connectivity index (χ4n) is 1.60. The molecule has 1 radical (unpaired) electrons. The second kappa shape index (κ2) is 3.35. The van der Waals surface area contributed by atoms with Crippen LogP contribution in [0.15, 0.2) is 0 Å². The Balaban J connectivity index is 2.32. The standard InChI is InChI=1S/C8H16NO/c1-2-6-9(10)7-4-3-5-8-9/h1-8H2. The Morgan fingerprint density at radius 3 is 2.30 bits per heavy atom. The van der Waals surface area contributed by atoms with E-state index in [2.05, 4.69) is 6.92 Å². The summed E-state index contributed by atoms with van der Waals surface area (Å²) < 4.78 is 0.0312. The van der Waals surface area contributed by atoms with E-state index in [1.54, 1.807) is 0 Å². The summed E-state index contributed by atoms with van der Waals surface area (Å²) >= 11 is 0. The molecule has 1 rings (SSSR count). The number of likely N-dealkylation sites (tertiary alicyclic amines) is 1. The lowest BCUT2D eigenvalue weighted by Crippen LogP contribution is -2.46. The largest absolute Gasteiger partial charge is 0.633 e. The fourth-order valence-corrected chi connectivity index (χ4v) is 1.60. The predicted octanol–water partition coefficient (Wildman–Crippen LogP) is 1.71. The quantitative estimate of drug-likeness (QED) is 0.425. The van der Waals surface area contributed by atoms with Crippen LogP contribution < -0.4 is 0 Å². The molecular formula is C8H16NO. The van der Waals surface area contributed by atoms with Gasteiger partial charge in [-0.25, -0.2) is 0 Å². The third kappa shape index (κ3) is 1.96. The molecule has 0 N–H and O–H groups in total. The molecule has 0 spiro atoms. The maximum absolute atomic E-state index is 11.6. The molecule has 1 aliphatic heterocycles. The minimum absolute atomic E-state index is 0.0312. The molecule has 0 amide bonds. The third-order valence-corrected chi connectivity index (χ3v) is 2.20. The van der Waals surface area contributed by atoms with Gasteiger partial charge < -0.3 is 9.85 Å². The summed E-state index contributed by atoms with van der Waals surface area (Å²) in [4.78, 5) is 0. The number of rotatable bonds is 2. The highest BCUT2D eigenvalue weighted by atomic mass is 16.5. The van der Waals surface area contributed by atoms with Crippen molar-refractivity contribution in [3.63, 3.8) is 0 Å². The van der Waals surface area contributed by atoms with E-state index in [0.717, 1.165) is 38.9 Å². The van der Waals surface area contributed by atoms with E-state index in [9.17, 15) is 5.21 Å². The molecule has 0 bridgehead atoms. The first-order chi connectivity index (χ1) is 4.77. The van der Waals surface area contributed by atoms with E-state index < -0.39 is 0 Å². The average Bonchev–Trinajstić information content (AvgIpc) is 1.89. The third-order valence-electron chi connectivity index (χ3n) is 2.20. The van der Waals surface area contributed by atoms with Gasteiger partial charge in [-0.2, -0.15) is 0 Å². The fraction of sp³-hybridized carbons (Fsp3) is 0.875. The van der Waals surface area contributed by atoms with Gasteiger partial charge in [-0.05, 0) is 32.6 Å². The van der Waals surface area contributed by atoms with Crippen LogP contribution in [-0.2, 0) is 0 Å². The number of piperidine rings is 1. The maximum Gasteiger partial charge on any atom is 0.0783 e. The van der Waals surface area contributed by atoms with Gasteiger partial charge in [0.15, 0.2) is 0 Å². The van der Waals surface area contributed by atoms with Crippen LogP contribution in [0.25, 0.3) is 0 Å². The Morgan fingerprint density at radius 2 is 1.80 bits per heavy atom. The van der Waals surface area contributed by atoms with Crippen molar-refractivity contribution in [1.29, 1.82) is 0 Å². The van der Waals surface area contributed by atoms with E-state index in [1.165, 1.54) is 6.42 Å². The summed E-state index contributed by atoms with van der Waals surface area (Å²) in [6.07, 6.45) is 4.26. The molecule has 0 aromatic carbocycles. The summed E-state index contributed by atoms with van der Waals surface area (Å²) in [5, 5.41) is 11.6. The van der Waals surface area contributed by atoms with Crippen LogP contribution in [0.3, 0.4) is 0 Å². The van der Waals surface area contributed by atoms with Gasteiger partial charge in [-0.3, -0.25) is 0 Å². The zero-order valence-corrected chi connectivity index (χ0v) is 6.51. The lowest BCUT2D eigenvalue weighted by Gasteiger charge is -2.45. The van der Waals surface area contributed by atoms with Gasteiger partial charge in [0.2, 0.25) is 0 Å². The summed E-state index contributed by atoms with van der Waals surface area (Å²) in [6, 6.07) is 0. The normalized spacial score (nSPS) is 24.6. The van der Waals surface area contributed by atoms with E-state index in [4.69, 9.17) is 0 Å². The second-order valence-electron chi connectivity index (χ2n) is 3.14. The molecule has 0 atom stereocenters. The van der Waals surface area contributed by atoms with Crippen LogP contribution in [-0.4, -0.2) is 24.3 Å². The van der Waals surface area contributed by atoms with Crippen molar-refractivity contribution >= 4 is 0 Å². The van der Waals surface area contributed by atoms with Crippen molar-refractivity contribution in [3.05, 3.63) is 12.1 Å². The second-order valence-corrected chi connectivity index (χ2v) is 3.14. The molecule has 1 fully saturated rings. The lowest BCUT2D eigenvalue weighted by atomic mass is 10.1. The number of quaternary nitrogens is 1. The molecule has 0 unspecified atom stereocenters. The summed E-state index contributed by atoms with van der Waals surface area (Å²) in [6.45, 7) is 6.09. The van der Waals surface area contributed by atoms with Gasteiger partial charge in [-0.1, -0.05) is 0 Å². The van der Waals surface area contributed by atoms with Gasteiger partial charge in [0.25, 0.3) is 0 Å². The highest BCUT2D eigenvalue weighted by Crippen LogP contribution is 2.16. The molecule has 0 aromatic heterocycles. The van der Waals surface area contributed by atoms with E-state index in [1.807, 2.05) is 0 Å². The molecule has 2 heteroatoms. The Labute approximate surface area is 63.0 Å². The molecule has 1 saturated heterocycles. The molecule has 1 aliphatic rings. The van der Waals surface area contributed by atoms with Crippen LogP contribution in [0.2, 0.25) is 0 Å². The molecule has 59 valence electrons. The van der Waals surface area contributed by atoms with Crippen molar-refractivity contribution in [2.24, 2.45) is 0 Å². The molecule has 1 heterocycles. The minimum Gasteiger partial charge on any atom is -0.633 e. The van der Waals surface area contributed by atoms with Crippen LogP contribution in [0.5, 0.6) is 0 Å². The number of hydroxylamine groups is 3. The van der Waals surface area contributed by atoms with Gasteiger partial charge in [0, 0.05) is 0 Å². The topological polar surface area (TPSA) is 23.1 Å². The zero-order chi connectivity index (χ0) is 7.45. The van der Waals surface area contributed by atoms with Gasteiger partial charge in [0.05, 0.1) is 19.6 Å². The Kier molecular flexibility index (Phi) is 2.69. The van der Waals surface area contributed by atoms with Crippen LogP contribution in [0.1, 0.15) is 25.7 Å². The first-order valence-corrected chi connectivity index (χ1v) is 4.13. The first kappa shape index (κ1) is 8.02. The molecular weight excluding hydrogens is 126 g/mol. The minimum atomic E-state index is 0.0312. The van der Waals surface area contributed by atoms with Gasteiger partial charge in [-0.15, -0.1) is 0 Å². The molecule has 2 nitrogen and oxygen atoms in total. The van der Waals surface area contributed by atoms with Crippen LogP contribution >= 0.6 is 0 Å². The Morgan fingerprint density at radius 1 is 1.20 bits per heavy atom. The molecule has 10 heavy (non-hydrogen) atoms. The monoisotopic (exact) mass is 142 g/mol.